The number of sulfonamides is 1. The van der Waals surface area contributed by atoms with E-state index >= 15 is 0 Å². The molecule has 6 aromatic rings. The van der Waals surface area contributed by atoms with Crippen LogP contribution >= 0.6 is 23.2 Å². The predicted octanol–water partition coefficient (Wildman–Crippen LogP) is 19.3. The molecule has 0 saturated carbocycles. The number of nitrogens with one attached hydrogen (secondary N) is 5. The van der Waals surface area contributed by atoms with Gasteiger partial charge in [-0.15, -0.1) is 0 Å². The topological polar surface area (TPSA) is 317 Å². The van der Waals surface area contributed by atoms with Crippen LogP contribution in [0.4, 0.5) is 32.3 Å². The molecule has 598 valence electrons. The van der Waals surface area contributed by atoms with Crippen LogP contribution in [0.3, 0.4) is 0 Å². The number of Topliss-reactive ketones (excluding diaryl/α,β-unsaturated/α-hetero) is 2. The van der Waals surface area contributed by atoms with Gasteiger partial charge in [0.1, 0.15) is 23.0 Å². The first-order valence-corrected chi connectivity index (χ1v) is 41.6. The third-order valence-electron chi connectivity index (χ3n) is 19.3. The Kier molecular flexibility index (Phi) is 35.9. The lowest BCUT2D eigenvalue weighted by atomic mass is 10.0. The number of ketones is 2. The Bertz CT molecular complexity index is 4150. The standard InChI is InChI=1S/C47H60ClN5O8S.C36H52ClN5O6/c1-4-5-6-7-8-9-10-11-12-13-14-15-16-17-18-24-31-60-40-30-29-35(62(58,59)52-37-28-23-22-27-36(37)48)32-38(40)51-44(55)41(53-45(56)47(2,3)61-46(53)57)42(54)39-33-49-43(50-39)34-25-20-19-21-26-34;1-5-6-7-8-9-10-11-12-13-14-15-16-17-18-19-20-30(43)39-26-21-22-27(37)28(23-26)40-33(45)31(32(44)29-24-41(4)25-38-29)42-34(46)36(2,3)48-35(42)47/h19-23,25-30,32-33,41,52H,4-18,24,31H2,1-3H3,(H,49,50)(H,51,55);21-25,31H,5-20H2,1-4H3,(H,39,43)(H,40,45). The second kappa shape index (κ2) is 44.8. The number of aromatic nitrogens is 4. The molecule has 24 nitrogen and oxygen atoms in total. The lowest BCUT2D eigenvalue weighted by Gasteiger charge is -2.23. The molecule has 5 N–H and O–H groups in total. The number of benzene rings is 4. The van der Waals surface area contributed by atoms with E-state index in [1.54, 1.807) is 49.5 Å². The highest BCUT2D eigenvalue weighted by Gasteiger charge is 2.56. The molecule has 7 amide bonds. The van der Waals surface area contributed by atoms with E-state index in [1.165, 1.54) is 248 Å². The first-order chi connectivity index (χ1) is 52.8. The summed E-state index contributed by atoms with van der Waals surface area (Å²) < 4.78 is 47.8. The fourth-order valence-corrected chi connectivity index (χ4v) is 14.5. The summed E-state index contributed by atoms with van der Waals surface area (Å²) in [5.74, 6) is -5.43. The van der Waals surface area contributed by atoms with Crippen LogP contribution in [0, 0.1) is 0 Å². The largest absolute Gasteiger partial charge is 0.491 e. The number of aryl methyl sites for hydroxylation is 1. The van der Waals surface area contributed by atoms with Crippen LogP contribution in [0.2, 0.25) is 10.0 Å². The predicted molar refractivity (Wildman–Crippen MR) is 429 cm³/mol. The van der Waals surface area contributed by atoms with Crippen molar-refractivity contribution in [2.24, 2.45) is 7.05 Å². The van der Waals surface area contributed by atoms with E-state index < -0.39 is 80.7 Å². The molecule has 0 spiro atoms. The fraction of sp³-hybridized carbons (Fsp3) is 0.530. The molecular formula is C83H112Cl2N10O14S. The van der Waals surface area contributed by atoms with Gasteiger partial charge in [-0.2, -0.15) is 0 Å². The molecule has 2 saturated heterocycles. The molecule has 4 aromatic carbocycles. The van der Waals surface area contributed by atoms with Crippen molar-refractivity contribution < 1.29 is 65.8 Å². The maximum absolute atomic E-state index is 14.4. The van der Waals surface area contributed by atoms with Gasteiger partial charge in [-0.05, 0) is 89.1 Å². The van der Waals surface area contributed by atoms with Crippen LogP contribution in [0.15, 0.2) is 115 Å². The Morgan fingerprint density at radius 1 is 0.527 bits per heavy atom. The quantitative estimate of drug-likeness (QED) is 0.0135. The molecule has 4 heterocycles. The number of nitrogens with zero attached hydrogens (tertiary/aromatic N) is 5. The number of carbonyl (C=O) groups is 9. The van der Waals surface area contributed by atoms with Crippen molar-refractivity contribution in [3.63, 3.8) is 0 Å². The minimum Gasteiger partial charge on any atom is -0.491 e. The molecule has 2 atom stereocenters. The maximum atomic E-state index is 14.4. The summed E-state index contributed by atoms with van der Waals surface area (Å²) in [6.45, 7) is 10.2. The number of carbonyl (C=O) groups excluding carboxylic acids is 9. The second-order valence-corrected chi connectivity index (χ2v) is 31.9. The third kappa shape index (κ3) is 27.2. The number of rotatable bonds is 49. The average molecular weight is 1580 g/mol. The second-order valence-electron chi connectivity index (χ2n) is 29.4. The van der Waals surface area contributed by atoms with Crippen molar-refractivity contribution in [3.05, 3.63) is 131 Å². The highest BCUT2D eigenvalue weighted by Crippen LogP contribution is 2.35. The molecule has 0 radical (unpaired) electrons. The number of hydrogen-bond donors (Lipinski definition) is 5. The zero-order chi connectivity index (χ0) is 79.6. The number of imide groups is 2. The molecule has 0 bridgehead atoms. The van der Waals surface area contributed by atoms with Gasteiger partial charge in [0, 0.05) is 30.9 Å². The number of imidazole rings is 2. The number of cyclic esters (lactones) is 2. The van der Waals surface area contributed by atoms with Crippen molar-refractivity contribution >= 4 is 109 Å². The van der Waals surface area contributed by atoms with Crippen molar-refractivity contribution in [2.45, 2.75) is 275 Å². The Morgan fingerprint density at radius 2 is 0.991 bits per heavy atom. The molecular weight excluding hydrogens is 1460 g/mol. The molecule has 2 aromatic heterocycles. The zero-order valence-electron chi connectivity index (χ0n) is 65.0. The highest BCUT2D eigenvalue weighted by atomic mass is 35.5. The summed E-state index contributed by atoms with van der Waals surface area (Å²) in [5.41, 5.74) is -2.34. The summed E-state index contributed by atoms with van der Waals surface area (Å²) in [6.07, 6.45) is 40.1. The Labute approximate surface area is 658 Å². The minimum atomic E-state index is -4.28. The smallest absolute Gasteiger partial charge is 0.418 e. The van der Waals surface area contributed by atoms with Crippen LogP contribution in [-0.2, 0) is 50.5 Å². The normalized spacial score (nSPS) is 14.3. The van der Waals surface area contributed by atoms with Crippen LogP contribution in [-0.4, -0.2) is 121 Å². The zero-order valence-corrected chi connectivity index (χ0v) is 67.3. The number of H-pyrrole nitrogens is 1. The Morgan fingerprint density at radius 3 is 1.47 bits per heavy atom. The van der Waals surface area contributed by atoms with Crippen molar-refractivity contribution in [1.82, 2.24) is 29.3 Å². The number of halogens is 2. The summed E-state index contributed by atoms with van der Waals surface area (Å²) >= 11 is 12.6. The summed E-state index contributed by atoms with van der Waals surface area (Å²) in [6, 6.07) is 19.7. The van der Waals surface area contributed by atoms with Crippen molar-refractivity contribution in [1.29, 1.82) is 0 Å². The summed E-state index contributed by atoms with van der Waals surface area (Å²) in [5, 5.41) is 8.27. The maximum Gasteiger partial charge on any atom is 0.418 e. The SMILES string of the molecule is CCCCCCCCCCCCCCCCCC(=O)Nc1ccc(Cl)c(NC(=O)C(C(=O)c2cn(C)cn2)N2C(=O)OC(C)(C)C2=O)c1.CCCCCCCCCCCCCCCCCCOc1ccc(S(=O)(=O)Nc2ccccc2Cl)cc1NC(=O)C(C(=O)c1cnc(-c2ccccc2)[nH]1)N1C(=O)OC(C)(C)C1=O. The summed E-state index contributed by atoms with van der Waals surface area (Å²) in [7, 11) is -2.64. The van der Waals surface area contributed by atoms with E-state index in [0.717, 1.165) is 38.5 Å². The van der Waals surface area contributed by atoms with E-state index in [9.17, 15) is 51.6 Å². The van der Waals surface area contributed by atoms with Gasteiger partial charge in [0.25, 0.3) is 33.7 Å². The number of aromatic amines is 1. The molecule has 2 unspecified atom stereocenters. The monoisotopic (exact) mass is 1570 g/mol. The minimum absolute atomic E-state index is 0.0875. The molecule has 2 aliphatic rings. The van der Waals surface area contributed by atoms with E-state index in [4.69, 9.17) is 37.4 Å². The number of anilines is 4. The van der Waals surface area contributed by atoms with Crippen LogP contribution < -0.4 is 25.4 Å². The molecule has 110 heavy (non-hydrogen) atoms. The van der Waals surface area contributed by atoms with E-state index in [0.29, 0.717) is 39.7 Å². The Balaban J connectivity index is 0.000000316. The number of amides is 7. The van der Waals surface area contributed by atoms with Crippen LogP contribution in [0.25, 0.3) is 11.4 Å². The molecule has 2 fully saturated rings. The first kappa shape index (κ1) is 88.3. The highest BCUT2D eigenvalue weighted by molar-refractivity contribution is 7.92. The van der Waals surface area contributed by atoms with Crippen molar-refractivity contribution in [2.75, 3.05) is 27.3 Å². The van der Waals surface area contributed by atoms with Crippen molar-refractivity contribution in [3.8, 4) is 17.1 Å². The number of hydrogen-bond acceptors (Lipinski definition) is 16. The molecule has 8 rings (SSSR count). The summed E-state index contributed by atoms with van der Waals surface area (Å²) in [4.78, 5) is 133. The van der Waals surface area contributed by atoms with E-state index in [1.807, 2.05) is 6.07 Å². The van der Waals surface area contributed by atoms with Gasteiger partial charge < -0.3 is 39.7 Å². The van der Waals surface area contributed by atoms with Gasteiger partial charge in [0.15, 0.2) is 23.3 Å². The van der Waals surface area contributed by atoms with Gasteiger partial charge >= 0.3 is 12.2 Å². The number of unbranched alkanes of at least 4 members (excludes halogenated alkanes) is 29. The lowest BCUT2D eigenvalue weighted by Crippen LogP contribution is -2.53. The molecule has 0 aliphatic carbocycles. The molecule has 2 aliphatic heterocycles. The average Bonchev–Trinajstić information content (AvgIpc) is 1.61. The van der Waals surface area contributed by atoms with Gasteiger partial charge in [-0.3, -0.25) is 38.3 Å². The number of para-hydroxylation sites is 1. The van der Waals surface area contributed by atoms with Gasteiger partial charge in [-0.25, -0.2) is 37.8 Å². The van der Waals surface area contributed by atoms with Crippen LogP contribution in [0.1, 0.15) is 268 Å². The third-order valence-corrected chi connectivity index (χ3v) is 21.3. The van der Waals surface area contributed by atoms with Crippen LogP contribution in [0.5, 0.6) is 5.75 Å². The lowest BCUT2D eigenvalue weighted by molar-refractivity contribution is -0.138. The fourth-order valence-electron chi connectivity index (χ4n) is 13.0. The van der Waals surface area contributed by atoms with E-state index in [2.05, 4.69) is 49.5 Å². The van der Waals surface area contributed by atoms with Gasteiger partial charge in [-0.1, -0.05) is 266 Å². The Hall–Kier alpha value is -8.94. The molecule has 27 heteroatoms. The van der Waals surface area contributed by atoms with E-state index in [-0.39, 0.29) is 61.7 Å². The number of ether oxygens (including phenoxy) is 3. The first-order valence-electron chi connectivity index (χ1n) is 39.3. The van der Waals surface area contributed by atoms with Gasteiger partial charge in [0.05, 0.1) is 51.1 Å². The van der Waals surface area contributed by atoms with Gasteiger partial charge in [0.2, 0.25) is 17.5 Å².